The molecule has 0 radical (unpaired) electrons. The smallest absolute Gasteiger partial charge is 0.204 e. The first-order chi connectivity index (χ1) is 22.0. The summed E-state index contributed by atoms with van der Waals surface area (Å²) < 4.78 is 30.4. The molecular weight excluding hydrogens is 568 g/mol. The molecule has 0 spiro atoms. The van der Waals surface area contributed by atoms with Crippen molar-refractivity contribution in [3.8, 4) is 40.2 Å². The van der Waals surface area contributed by atoms with E-state index in [1.54, 1.807) is 21.3 Å². The van der Waals surface area contributed by atoms with E-state index in [1.165, 1.54) is 11.1 Å². The van der Waals surface area contributed by atoms with E-state index in [-0.39, 0.29) is 17.8 Å². The highest BCUT2D eigenvalue weighted by atomic mass is 16.5. The van der Waals surface area contributed by atoms with Gasteiger partial charge in [0, 0.05) is 29.8 Å². The number of methoxy groups -OCH3 is 3. The summed E-state index contributed by atoms with van der Waals surface area (Å²) in [6, 6.07) is 20.8. The normalized spacial score (nSPS) is 19.2. The standard InChI is InChI=1S/C37H40N2O6/c1-39-16-14-26-20-31(42-3)36(43-4)37-33(26)29(39)18-23-5-7-24(8-6-23)21-44-35-30(41-2)19-25-13-15-38-28(32(25)34(35)40)17-22-9-11-27(45-37)12-10-22/h5-12,19-20,28-29,38,40H,13-18,21H2,1-4H3. The fourth-order valence-corrected chi connectivity index (χ4v) is 7.07. The van der Waals surface area contributed by atoms with Gasteiger partial charge in [-0.3, -0.25) is 4.90 Å². The van der Waals surface area contributed by atoms with Gasteiger partial charge in [-0.15, -0.1) is 0 Å². The quantitative estimate of drug-likeness (QED) is 0.280. The number of ether oxygens (including phenoxy) is 5. The van der Waals surface area contributed by atoms with Crippen LogP contribution in [0.1, 0.15) is 51.0 Å². The van der Waals surface area contributed by atoms with Gasteiger partial charge in [0.1, 0.15) is 12.4 Å². The number of nitrogens with zero attached hydrogens (tertiary/aromatic N) is 1. The average Bonchev–Trinajstić information content (AvgIpc) is 3.06. The minimum absolute atomic E-state index is 0.0750. The van der Waals surface area contributed by atoms with E-state index in [0.717, 1.165) is 65.9 Å². The number of aromatic hydroxyl groups is 1. The Morgan fingerprint density at radius 3 is 2.18 bits per heavy atom. The zero-order chi connectivity index (χ0) is 31.1. The minimum Gasteiger partial charge on any atom is -0.504 e. The largest absolute Gasteiger partial charge is 0.504 e. The van der Waals surface area contributed by atoms with Gasteiger partial charge in [0.25, 0.3) is 0 Å². The lowest BCUT2D eigenvalue weighted by molar-refractivity contribution is 0.221. The minimum atomic E-state index is -0.0829. The van der Waals surface area contributed by atoms with Crippen LogP contribution in [0.5, 0.6) is 40.2 Å². The SMILES string of the molecule is COc1cc2c3c(O)c1OCc1ccc(cc1)CC1c4c(cc(OC)c(OC)c4Oc4ccc(cc4)CC3NCC2)CCN1C. The molecule has 10 rings (SSSR count). The highest BCUT2D eigenvalue weighted by Gasteiger charge is 2.33. The van der Waals surface area contributed by atoms with Crippen molar-refractivity contribution in [1.82, 2.24) is 10.2 Å². The third-order valence-electron chi connectivity index (χ3n) is 9.47. The van der Waals surface area contributed by atoms with Gasteiger partial charge in [-0.05, 0) is 91.4 Å². The number of rotatable bonds is 3. The Morgan fingerprint density at radius 2 is 1.44 bits per heavy atom. The van der Waals surface area contributed by atoms with E-state index in [1.807, 2.05) is 18.2 Å². The van der Waals surface area contributed by atoms with Crippen molar-refractivity contribution < 1.29 is 28.8 Å². The lowest BCUT2D eigenvalue weighted by Crippen LogP contribution is -2.34. The zero-order valence-electron chi connectivity index (χ0n) is 26.3. The second-order valence-corrected chi connectivity index (χ2v) is 12.1. The van der Waals surface area contributed by atoms with E-state index in [4.69, 9.17) is 23.7 Å². The van der Waals surface area contributed by atoms with Crippen molar-refractivity contribution >= 4 is 0 Å². The molecule has 234 valence electrons. The van der Waals surface area contributed by atoms with Gasteiger partial charge < -0.3 is 34.1 Å². The van der Waals surface area contributed by atoms with Crippen LogP contribution in [0.3, 0.4) is 0 Å². The molecule has 45 heavy (non-hydrogen) atoms. The number of hydrogen-bond donors (Lipinski definition) is 2. The van der Waals surface area contributed by atoms with Crippen molar-refractivity contribution in [2.45, 2.75) is 44.4 Å². The third kappa shape index (κ3) is 5.42. The number of likely N-dealkylation sites (N-methyl/N-ethyl adjacent to an activating group) is 1. The average molecular weight is 609 g/mol. The molecule has 2 atom stereocenters. The molecule has 2 unspecified atom stereocenters. The molecule has 0 aromatic heterocycles. The van der Waals surface area contributed by atoms with Crippen molar-refractivity contribution in [2.75, 3.05) is 41.5 Å². The molecule has 0 saturated carbocycles. The summed E-state index contributed by atoms with van der Waals surface area (Å²) in [7, 11) is 7.12. The molecule has 6 aliphatic rings. The molecule has 8 nitrogen and oxygen atoms in total. The summed E-state index contributed by atoms with van der Waals surface area (Å²) in [6.07, 6.45) is 3.18. The number of hydrogen-bond acceptors (Lipinski definition) is 8. The molecule has 0 amide bonds. The fourth-order valence-electron chi connectivity index (χ4n) is 7.07. The van der Waals surface area contributed by atoms with E-state index in [0.29, 0.717) is 41.8 Å². The molecular formula is C37H40N2O6. The Hall–Kier alpha value is -4.40. The molecule has 6 bridgehead atoms. The molecule has 0 aliphatic carbocycles. The summed E-state index contributed by atoms with van der Waals surface area (Å²) in [4.78, 5) is 2.39. The first-order valence-electron chi connectivity index (χ1n) is 15.6. The molecule has 6 heterocycles. The fraction of sp³-hybridized carbons (Fsp3) is 0.351. The molecule has 4 aromatic rings. The maximum atomic E-state index is 11.6. The predicted molar refractivity (Wildman–Crippen MR) is 172 cm³/mol. The van der Waals surface area contributed by atoms with Gasteiger partial charge >= 0.3 is 0 Å². The summed E-state index contributed by atoms with van der Waals surface area (Å²) in [6.45, 7) is 2.04. The van der Waals surface area contributed by atoms with Crippen molar-refractivity contribution in [3.05, 3.63) is 99.6 Å². The Kier molecular flexibility index (Phi) is 7.94. The summed E-state index contributed by atoms with van der Waals surface area (Å²) in [5.74, 6) is 3.76. The van der Waals surface area contributed by atoms with Crippen LogP contribution in [-0.4, -0.2) is 51.5 Å². The predicted octanol–water partition coefficient (Wildman–Crippen LogP) is 6.30. The number of benzene rings is 4. The van der Waals surface area contributed by atoms with Crippen molar-refractivity contribution in [3.63, 3.8) is 0 Å². The highest BCUT2D eigenvalue weighted by Crippen LogP contribution is 2.50. The van der Waals surface area contributed by atoms with Gasteiger partial charge in [0.2, 0.25) is 11.5 Å². The van der Waals surface area contributed by atoms with Crippen molar-refractivity contribution in [1.29, 1.82) is 0 Å². The highest BCUT2D eigenvalue weighted by molar-refractivity contribution is 5.63. The van der Waals surface area contributed by atoms with E-state index >= 15 is 0 Å². The topological polar surface area (TPSA) is 81.7 Å². The molecule has 0 fully saturated rings. The number of nitrogens with one attached hydrogen (secondary N) is 1. The van der Waals surface area contributed by atoms with Crippen LogP contribution in [-0.2, 0) is 32.3 Å². The Labute approximate surface area is 264 Å². The second kappa shape index (κ2) is 12.2. The maximum Gasteiger partial charge on any atom is 0.204 e. The van der Waals surface area contributed by atoms with Crippen LogP contribution in [0.4, 0.5) is 0 Å². The summed E-state index contributed by atoms with van der Waals surface area (Å²) in [5.41, 5.74) is 7.61. The van der Waals surface area contributed by atoms with E-state index in [2.05, 4.69) is 59.7 Å². The second-order valence-electron chi connectivity index (χ2n) is 12.1. The lowest BCUT2D eigenvalue weighted by atomic mass is 9.87. The van der Waals surface area contributed by atoms with Crippen LogP contribution in [0.25, 0.3) is 0 Å². The van der Waals surface area contributed by atoms with Gasteiger partial charge in [-0.1, -0.05) is 36.4 Å². The Morgan fingerprint density at radius 1 is 0.778 bits per heavy atom. The first kappa shape index (κ1) is 29.3. The summed E-state index contributed by atoms with van der Waals surface area (Å²) >= 11 is 0. The molecule has 0 saturated heterocycles. The lowest BCUT2D eigenvalue weighted by Gasteiger charge is -2.36. The van der Waals surface area contributed by atoms with Gasteiger partial charge in [0.15, 0.2) is 23.0 Å². The molecule has 4 aromatic carbocycles. The maximum absolute atomic E-state index is 11.6. The number of phenolic OH excluding ortho intramolecular Hbond substituents is 1. The Bertz CT molecular complexity index is 1700. The molecule has 6 aliphatic heterocycles. The van der Waals surface area contributed by atoms with Crippen LogP contribution < -0.4 is 29.0 Å². The van der Waals surface area contributed by atoms with Crippen LogP contribution in [0.2, 0.25) is 0 Å². The van der Waals surface area contributed by atoms with E-state index < -0.39 is 0 Å². The van der Waals surface area contributed by atoms with Crippen LogP contribution in [0.15, 0.2) is 60.7 Å². The first-order valence-corrected chi connectivity index (χ1v) is 15.6. The van der Waals surface area contributed by atoms with Gasteiger partial charge in [0.05, 0.1) is 21.3 Å². The monoisotopic (exact) mass is 608 g/mol. The number of phenols is 1. The van der Waals surface area contributed by atoms with E-state index in [9.17, 15) is 5.11 Å². The van der Waals surface area contributed by atoms with Crippen LogP contribution >= 0.6 is 0 Å². The van der Waals surface area contributed by atoms with Crippen LogP contribution in [0, 0.1) is 0 Å². The molecule has 2 N–H and O–H groups in total. The Balaban J connectivity index is 1.36. The molecule has 8 heteroatoms. The zero-order valence-corrected chi connectivity index (χ0v) is 26.3. The van der Waals surface area contributed by atoms with Crippen molar-refractivity contribution in [2.24, 2.45) is 0 Å². The third-order valence-corrected chi connectivity index (χ3v) is 9.47. The summed E-state index contributed by atoms with van der Waals surface area (Å²) in [5, 5.41) is 15.2. The van der Waals surface area contributed by atoms with Gasteiger partial charge in [-0.25, -0.2) is 0 Å². The van der Waals surface area contributed by atoms with Gasteiger partial charge in [-0.2, -0.15) is 0 Å².